The molecule has 0 bridgehead atoms. The van der Waals surface area contributed by atoms with E-state index in [1.165, 1.54) is 27.8 Å². The summed E-state index contributed by atoms with van der Waals surface area (Å²) >= 11 is 0. The molecule has 0 fully saturated rings. The Labute approximate surface area is 146 Å². The van der Waals surface area contributed by atoms with E-state index >= 15 is 0 Å². The molecule has 24 heavy (non-hydrogen) atoms. The van der Waals surface area contributed by atoms with Gasteiger partial charge in [0.1, 0.15) is 5.84 Å². The summed E-state index contributed by atoms with van der Waals surface area (Å²) in [7, 11) is 0. The highest BCUT2D eigenvalue weighted by Gasteiger charge is 2.27. The first-order valence-electron chi connectivity index (χ1n) is 8.82. The van der Waals surface area contributed by atoms with Gasteiger partial charge in [-0.15, -0.1) is 0 Å². The molecule has 0 aliphatic carbocycles. The van der Waals surface area contributed by atoms with Gasteiger partial charge in [0, 0.05) is 11.3 Å². The molecule has 2 nitrogen and oxygen atoms in total. The predicted octanol–water partition coefficient (Wildman–Crippen LogP) is 5.62. The lowest BCUT2D eigenvalue weighted by Gasteiger charge is -2.30. The molecule has 0 unspecified atom stereocenters. The molecule has 0 saturated heterocycles. The van der Waals surface area contributed by atoms with E-state index in [9.17, 15) is 0 Å². The topological polar surface area (TPSA) is 24.4 Å². The molecular weight excluding hydrogens is 292 g/mol. The van der Waals surface area contributed by atoms with Gasteiger partial charge in [-0.25, -0.2) is 0 Å². The molecule has 0 saturated carbocycles. The molecule has 0 spiro atoms. The Balaban J connectivity index is 1.97. The van der Waals surface area contributed by atoms with Crippen LogP contribution < -0.4 is 5.32 Å². The Morgan fingerprint density at radius 1 is 1.00 bits per heavy atom. The van der Waals surface area contributed by atoms with Crippen LogP contribution >= 0.6 is 0 Å². The van der Waals surface area contributed by atoms with Crippen molar-refractivity contribution in [3.05, 3.63) is 64.2 Å². The van der Waals surface area contributed by atoms with E-state index in [-0.39, 0.29) is 5.54 Å². The zero-order chi connectivity index (χ0) is 17.5. The molecule has 0 radical (unpaired) electrons. The number of aryl methyl sites for hydroxylation is 2. The van der Waals surface area contributed by atoms with E-state index in [1.807, 2.05) is 0 Å². The molecule has 126 valence electrons. The minimum absolute atomic E-state index is 0.0745. The van der Waals surface area contributed by atoms with Gasteiger partial charge in [0.2, 0.25) is 0 Å². The SMILES string of the molecule is Cc1cc2c(cc1C)C(Nc1ccc(C(C)C)cc1)=NC(C)(C)C2. The van der Waals surface area contributed by atoms with E-state index in [2.05, 4.69) is 83.3 Å². The molecular formula is C22H28N2. The molecule has 2 heteroatoms. The summed E-state index contributed by atoms with van der Waals surface area (Å²) in [5, 5.41) is 3.56. The fraction of sp³-hybridized carbons (Fsp3) is 0.409. The van der Waals surface area contributed by atoms with Crippen molar-refractivity contribution in [1.29, 1.82) is 0 Å². The van der Waals surface area contributed by atoms with E-state index < -0.39 is 0 Å². The second kappa shape index (κ2) is 6.08. The Kier molecular flexibility index (Phi) is 4.25. The predicted molar refractivity (Wildman–Crippen MR) is 104 cm³/mol. The van der Waals surface area contributed by atoms with Crippen LogP contribution in [0, 0.1) is 13.8 Å². The van der Waals surface area contributed by atoms with Crippen LogP contribution in [0.2, 0.25) is 0 Å². The Morgan fingerprint density at radius 2 is 1.62 bits per heavy atom. The van der Waals surface area contributed by atoms with Crippen molar-refractivity contribution >= 4 is 11.5 Å². The first kappa shape index (κ1) is 16.8. The maximum absolute atomic E-state index is 4.98. The van der Waals surface area contributed by atoms with Crippen molar-refractivity contribution in [2.24, 2.45) is 4.99 Å². The standard InChI is InChI=1S/C22H28N2/c1-14(2)17-7-9-19(10-8-17)23-21-20-12-16(4)15(3)11-18(20)13-22(5,6)24-21/h7-12,14H,13H2,1-6H3,(H,23,24). The van der Waals surface area contributed by atoms with Gasteiger partial charge < -0.3 is 5.32 Å². The van der Waals surface area contributed by atoms with Gasteiger partial charge in [0.25, 0.3) is 0 Å². The third kappa shape index (κ3) is 3.38. The summed E-state index contributed by atoms with van der Waals surface area (Å²) in [4.78, 5) is 4.98. The lowest BCUT2D eigenvalue weighted by molar-refractivity contribution is 0.513. The molecule has 2 aromatic rings. The minimum Gasteiger partial charge on any atom is -0.340 e. The van der Waals surface area contributed by atoms with E-state index in [1.54, 1.807) is 0 Å². The first-order chi connectivity index (χ1) is 11.2. The van der Waals surface area contributed by atoms with E-state index in [4.69, 9.17) is 4.99 Å². The van der Waals surface area contributed by atoms with Gasteiger partial charge in [-0.2, -0.15) is 0 Å². The molecule has 1 aliphatic rings. The van der Waals surface area contributed by atoms with Crippen molar-refractivity contribution < 1.29 is 0 Å². The Morgan fingerprint density at radius 3 is 2.25 bits per heavy atom. The number of amidine groups is 1. The molecule has 1 aliphatic heterocycles. The third-order valence-electron chi connectivity index (χ3n) is 4.85. The monoisotopic (exact) mass is 320 g/mol. The molecule has 1 heterocycles. The van der Waals surface area contributed by atoms with Gasteiger partial charge in [0.05, 0.1) is 5.54 Å². The summed E-state index contributed by atoms with van der Waals surface area (Å²) < 4.78 is 0. The van der Waals surface area contributed by atoms with Crippen molar-refractivity contribution in [2.75, 3.05) is 5.32 Å². The second-order valence-corrected chi connectivity index (χ2v) is 7.94. The highest BCUT2D eigenvalue weighted by atomic mass is 15.0. The average Bonchev–Trinajstić information content (AvgIpc) is 2.49. The van der Waals surface area contributed by atoms with Gasteiger partial charge in [0.15, 0.2) is 0 Å². The minimum atomic E-state index is -0.0745. The lowest BCUT2D eigenvalue weighted by atomic mass is 9.86. The van der Waals surface area contributed by atoms with Crippen molar-refractivity contribution in [3.8, 4) is 0 Å². The molecule has 3 rings (SSSR count). The van der Waals surface area contributed by atoms with E-state index in [0.29, 0.717) is 5.92 Å². The van der Waals surface area contributed by atoms with Crippen LogP contribution in [-0.4, -0.2) is 11.4 Å². The van der Waals surface area contributed by atoms with Crippen LogP contribution in [0.1, 0.15) is 61.4 Å². The van der Waals surface area contributed by atoms with Crippen LogP contribution in [-0.2, 0) is 6.42 Å². The number of aliphatic imine (C=N–C) groups is 1. The van der Waals surface area contributed by atoms with Crippen molar-refractivity contribution in [3.63, 3.8) is 0 Å². The van der Waals surface area contributed by atoms with Crippen LogP contribution in [0.15, 0.2) is 41.4 Å². The smallest absolute Gasteiger partial charge is 0.133 e. The fourth-order valence-corrected chi connectivity index (χ4v) is 3.29. The van der Waals surface area contributed by atoms with Gasteiger partial charge >= 0.3 is 0 Å². The van der Waals surface area contributed by atoms with Crippen LogP contribution in [0.4, 0.5) is 5.69 Å². The number of rotatable bonds is 2. The number of anilines is 1. The Bertz CT molecular complexity index is 780. The number of nitrogens with one attached hydrogen (secondary N) is 1. The van der Waals surface area contributed by atoms with Crippen molar-refractivity contribution in [2.45, 2.75) is 59.4 Å². The summed E-state index contributed by atoms with van der Waals surface area (Å²) in [6.07, 6.45) is 0.987. The summed E-state index contributed by atoms with van der Waals surface area (Å²) in [6.45, 7) is 13.2. The Hall–Kier alpha value is -2.09. The number of nitrogens with zero attached hydrogens (tertiary/aromatic N) is 1. The van der Waals surface area contributed by atoms with Gasteiger partial charge in [-0.3, -0.25) is 4.99 Å². The lowest BCUT2D eigenvalue weighted by Crippen LogP contribution is -2.32. The number of benzene rings is 2. The van der Waals surface area contributed by atoms with Crippen molar-refractivity contribution in [1.82, 2.24) is 0 Å². The number of fused-ring (bicyclic) bond motifs is 1. The first-order valence-corrected chi connectivity index (χ1v) is 8.82. The highest BCUT2D eigenvalue weighted by molar-refractivity contribution is 6.10. The van der Waals surface area contributed by atoms with Gasteiger partial charge in [-0.05, 0) is 80.5 Å². The second-order valence-electron chi connectivity index (χ2n) is 7.94. The number of hydrogen-bond acceptors (Lipinski definition) is 2. The third-order valence-corrected chi connectivity index (χ3v) is 4.85. The molecule has 1 N–H and O–H groups in total. The molecule has 0 atom stereocenters. The zero-order valence-corrected chi connectivity index (χ0v) is 15.7. The maximum atomic E-state index is 4.98. The normalized spacial score (nSPS) is 15.9. The molecule has 0 amide bonds. The fourth-order valence-electron chi connectivity index (χ4n) is 3.29. The highest BCUT2D eigenvalue weighted by Crippen LogP contribution is 2.29. The summed E-state index contributed by atoms with van der Waals surface area (Å²) in [5.74, 6) is 1.54. The van der Waals surface area contributed by atoms with E-state index in [0.717, 1.165) is 17.9 Å². The molecule has 2 aromatic carbocycles. The molecule has 0 aromatic heterocycles. The largest absolute Gasteiger partial charge is 0.340 e. The quantitative estimate of drug-likeness (QED) is 0.763. The van der Waals surface area contributed by atoms with Crippen LogP contribution in [0.5, 0.6) is 0 Å². The number of hydrogen-bond donors (Lipinski definition) is 1. The summed E-state index contributed by atoms with van der Waals surface area (Å²) in [5.41, 5.74) is 7.68. The maximum Gasteiger partial charge on any atom is 0.133 e. The average molecular weight is 320 g/mol. The zero-order valence-electron chi connectivity index (χ0n) is 15.7. The van der Waals surface area contributed by atoms with Gasteiger partial charge in [-0.1, -0.05) is 32.0 Å². The van der Waals surface area contributed by atoms with Crippen LogP contribution in [0.3, 0.4) is 0 Å². The summed E-state index contributed by atoms with van der Waals surface area (Å²) in [6, 6.07) is 13.3. The van der Waals surface area contributed by atoms with Crippen LogP contribution in [0.25, 0.3) is 0 Å².